The van der Waals surface area contributed by atoms with Gasteiger partial charge in [-0.05, 0) is 24.7 Å². The van der Waals surface area contributed by atoms with Crippen LogP contribution in [0.15, 0.2) is 29.2 Å². The Kier molecular flexibility index (Phi) is 4.54. The van der Waals surface area contributed by atoms with E-state index in [0.717, 1.165) is 19.2 Å². The van der Waals surface area contributed by atoms with Crippen LogP contribution in [-0.4, -0.2) is 51.4 Å². The fourth-order valence-corrected chi connectivity index (χ4v) is 3.63. The highest BCUT2D eigenvalue weighted by molar-refractivity contribution is 7.91. The van der Waals surface area contributed by atoms with Crippen molar-refractivity contribution in [2.45, 2.75) is 17.9 Å². The molecule has 1 unspecified atom stereocenters. The first-order valence-electron chi connectivity index (χ1n) is 6.33. The molecule has 1 fully saturated rings. The largest absolute Gasteiger partial charge is 0.374 e. The summed E-state index contributed by atoms with van der Waals surface area (Å²) in [6.45, 7) is 4.87. The lowest BCUT2D eigenvalue weighted by atomic mass is 10.3. The fourth-order valence-electron chi connectivity index (χ4n) is 2.17. The van der Waals surface area contributed by atoms with Gasteiger partial charge in [0, 0.05) is 13.1 Å². The summed E-state index contributed by atoms with van der Waals surface area (Å²) in [6.07, 6.45) is -0.345. The Bertz CT molecular complexity index is 532. The molecule has 1 aliphatic rings. The molecular formula is C13H18FNO3S. The third-order valence-electron chi connectivity index (χ3n) is 3.23. The molecule has 1 aliphatic heterocycles. The molecule has 0 spiro atoms. The topological polar surface area (TPSA) is 46.6 Å². The molecule has 0 N–H and O–H groups in total. The number of hydrogen-bond donors (Lipinski definition) is 0. The summed E-state index contributed by atoms with van der Waals surface area (Å²) in [5, 5.41) is 0. The van der Waals surface area contributed by atoms with Crippen LogP contribution < -0.4 is 0 Å². The van der Waals surface area contributed by atoms with Crippen LogP contribution in [0, 0.1) is 5.82 Å². The minimum atomic E-state index is -3.51. The van der Waals surface area contributed by atoms with Crippen molar-refractivity contribution in [3.63, 3.8) is 0 Å². The standard InChI is InChI=1S/C13H18FNO3S/c1-2-15-6-7-18-12(9-15)10-19(16,17)13-5-3-4-11(14)8-13/h3-5,8,12H,2,6-7,9-10H2,1H3. The molecule has 0 saturated carbocycles. The van der Waals surface area contributed by atoms with Gasteiger partial charge in [-0.25, -0.2) is 12.8 Å². The second kappa shape index (κ2) is 5.98. The minimum Gasteiger partial charge on any atom is -0.374 e. The summed E-state index contributed by atoms with van der Waals surface area (Å²) in [5.41, 5.74) is 0. The third kappa shape index (κ3) is 3.75. The van der Waals surface area contributed by atoms with Crippen molar-refractivity contribution in [2.75, 3.05) is 32.0 Å². The Morgan fingerprint density at radius 2 is 2.26 bits per heavy atom. The van der Waals surface area contributed by atoms with E-state index in [0.29, 0.717) is 13.2 Å². The van der Waals surface area contributed by atoms with Gasteiger partial charge in [0.25, 0.3) is 0 Å². The van der Waals surface area contributed by atoms with Crippen LogP contribution in [0.4, 0.5) is 4.39 Å². The summed E-state index contributed by atoms with van der Waals surface area (Å²) >= 11 is 0. The molecule has 1 aromatic rings. The monoisotopic (exact) mass is 287 g/mol. The maximum atomic E-state index is 13.1. The van der Waals surface area contributed by atoms with E-state index in [9.17, 15) is 12.8 Å². The van der Waals surface area contributed by atoms with E-state index >= 15 is 0 Å². The zero-order chi connectivity index (χ0) is 13.9. The molecule has 6 heteroatoms. The molecule has 1 saturated heterocycles. The fraction of sp³-hybridized carbons (Fsp3) is 0.538. The summed E-state index contributed by atoms with van der Waals surface area (Å²) in [6, 6.07) is 5.10. The highest BCUT2D eigenvalue weighted by Gasteiger charge is 2.26. The van der Waals surface area contributed by atoms with E-state index in [4.69, 9.17) is 4.74 Å². The molecule has 0 aliphatic carbocycles. The molecule has 0 aromatic heterocycles. The Morgan fingerprint density at radius 3 is 2.95 bits per heavy atom. The average Bonchev–Trinajstić information content (AvgIpc) is 2.38. The molecule has 2 rings (SSSR count). The van der Waals surface area contributed by atoms with Gasteiger partial charge < -0.3 is 4.74 Å². The Hall–Kier alpha value is -0.980. The maximum Gasteiger partial charge on any atom is 0.181 e. The van der Waals surface area contributed by atoms with Crippen LogP contribution in [0.1, 0.15) is 6.92 Å². The molecule has 1 heterocycles. The number of rotatable bonds is 4. The highest BCUT2D eigenvalue weighted by Crippen LogP contribution is 2.16. The van der Waals surface area contributed by atoms with Gasteiger partial charge in [-0.3, -0.25) is 4.90 Å². The molecule has 0 amide bonds. The van der Waals surface area contributed by atoms with Crippen LogP contribution >= 0.6 is 0 Å². The Labute approximate surface area is 113 Å². The third-order valence-corrected chi connectivity index (χ3v) is 5.01. The first-order chi connectivity index (χ1) is 9.01. The van der Waals surface area contributed by atoms with E-state index in [-0.39, 0.29) is 16.8 Å². The number of benzene rings is 1. The molecule has 19 heavy (non-hydrogen) atoms. The Morgan fingerprint density at radius 1 is 1.47 bits per heavy atom. The van der Waals surface area contributed by atoms with E-state index in [1.54, 1.807) is 0 Å². The quantitative estimate of drug-likeness (QED) is 0.838. The van der Waals surface area contributed by atoms with Crippen LogP contribution in [-0.2, 0) is 14.6 Å². The highest BCUT2D eigenvalue weighted by atomic mass is 32.2. The van der Waals surface area contributed by atoms with Crippen molar-refractivity contribution in [2.24, 2.45) is 0 Å². The minimum absolute atomic E-state index is 0.0183. The number of likely N-dealkylation sites (N-methyl/N-ethyl adjacent to an activating group) is 1. The van der Waals surface area contributed by atoms with E-state index in [1.165, 1.54) is 18.2 Å². The zero-order valence-electron chi connectivity index (χ0n) is 10.9. The van der Waals surface area contributed by atoms with Gasteiger partial charge in [0.15, 0.2) is 9.84 Å². The summed E-state index contributed by atoms with van der Waals surface area (Å²) < 4.78 is 42.9. The molecule has 1 atom stereocenters. The van der Waals surface area contributed by atoms with E-state index < -0.39 is 15.7 Å². The molecule has 4 nitrogen and oxygen atoms in total. The van der Waals surface area contributed by atoms with Crippen LogP contribution in [0.25, 0.3) is 0 Å². The van der Waals surface area contributed by atoms with Crippen molar-refractivity contribution in [1.29, 1.82) is 0 Å². The van der Waals surface area contributed by atoms with Crippen molar-refractivity contribution in [3.8, 4) is 0 Å². The smallest absolute Gasteiger partial charge is 0.181 e. The van der Waals surface area contributed by atoms with Crippen LogP contribution in [0.3, 0.4) is 0 Å². The SMILES string of the molecule is CCN1CCOC(CS(=O)(=O)c2cccc(F)c2)C1. The van der Waals surface area contributed by atoms with Crippen molar-refractivity contribution in [1.82, 2.24) is 4.90 Å². The average molecular weight is 287 g/mol. The number of hydrogen-bond acceptors (Lipinski definition) is 4. The second-order valence-electron chi connectivity index (χ2n) is 4.62. The van der Waals surface area contributed by atoms with Crippen molar-refractivity contribution < 1.29 is 17.5 Å². The number of sulfone groups is 1. The molecule has 0 bridgehead atoms. The predicted molar refractivity (Wildman–Crippen MR) is 70.3 cm³/mol. The first kappa shape index (κ1) is 14.4. The van der Waals surface area contributed by atoms with Gasteiger partial charge in [0.1, 0.15) is 5.82 Å². The second-order valence-corrected chi connectivity index (χ2v) is 6.66. The Balaban J connectivity index is 2.09. The number of nitrogens with zero attached hydrogens (tertiary/aromatic N) is 1. The van der Waals surface area contributed by atoms with Gasteiger partial charge in [0.05, 0.1) is 23.4 Å². The van der Waals surface area contributed by atoms with Gasteiger partial charge in [-0.15, -0.1) is 0 Å². The van der Waals surface area contributed by atoms with Gasteiger partial charge in [-0.2, -0.15) is 0 Å². The molecular weight excluding hydrogens is 269 g/mol. The van der Waals surface area contributed by atoms with E-state index in [2.05, 4.69) is 4.90 Å². The number of morpholine rings is 1. The van der Waals surface area contributed by atoms with Crippen molar-refractivity contribution in [3.05, 3.63) is 30.1 Å². The first-order valence-corrected chi connectivity index (χ1v) is 7.99. The molecule has 0 radical (unpaired) electrons. The zero-order valence-corrected chi connectivity index (χ0v) is 11.7. The normalized spacial score (nSPS) is 21.5. The number of halogens is 1. The van der Waals surface area contributed by atoms with Gasteiger partial charge in [0.2, 0.25) is 0 Å². The van der Waals surface area contributed by atoms with Crippen LogP contribution in [0.5, 0.6) is 0 Å². The summed E-state index contributed by atoms with van der Waals surface area (Å²) in [4.78, 5) is 2.17. The van der Waals surface area contributed by atoms with Gasteiger partial charge >= 0.3 is 0 Å². The van der Waals surface area contributed by atoms with E-state index in [1.807, 2.05) is 6.92 Å². The lowest BCUT2D eigenvalue weighted by Gasteiger charge is -2.31. The lowest BCUT2D eigenvalue weighted by Crippen LogP contribution is -2.45. The van der Waals surface area contributed by atoms with Gasteiger partial charge in [-0.1, -0.05) is 13.0 Å². The molecule has 1 aromatic carbocycles. The summed E-state index contributed by atoms with van der Waals surface area (Å²) in [7, 11) is -3.51. The number of ether oxygens (including phenoxy) is 1. The van der Waals surface area contributed by atoms with Crippen molar-refractivity contribution >= 4 is 9.84 Å². The van der Waals surface area contributed by atoms with Crippen LogP contribution in [0.2, 0.25) is 0 Å². The predicted octanol–water partition coefficient (Wildman–Crippen LogP) is 1.32. The lowest BCUT2D eigenvalue weighted by molar-refractivity contribution is -0.0145. The summed E-state index contributed by atoms with van der Waals surface area (Å²) in [5.74, 6) is -0.645. The maximum absolute atomic E-state index is 13.1. The molecule has 106 valence electrons.